The highest BCUT2D eigenvalue weighted by molar-refractivity contribution is 5.89. The molecule has 166 valence electrons. The summed E-state index contributed by atoms with van der Waals surface area (Å²) in [5.41, 5.74) is -7.36. The minimum Gasteiger partial charge on any atom is -0.453 e. The van der Waals surface area contributed by atoms with Crippen LogP contribution in [0.3, 0.4) is 0 Å². The van der Waals surface area contributed by atoms with E-state index in [9.17, 15) is 4.79 Å². The maximum Gasteiger partial charge on any atom is 0.338 e. The van der Waals surface area contributed by atoms with Crippen molar-refractivity contribution in [3.8, 4) is 0 Å². The Morgan fingerprint density at radius 2 is 1.53 bits per heavy atom. The highest BCUT2D eigenvalue weighted by atomic mass is 19.3. The van der Waals surface area contributed by atoms with Crippen molar-refractivity contribution in [2.45, 2.75) is 90.2 Å². The van der Waals surface area contributed by atoms with Crippen LogP contribution in [0.1, 0.15) is 65.7 Å². The zero-order valence-electron chi connectivity index (χ0n) is 18.8. The molecule has 2 saturated heterocycles. The van der Waals surface area contributed by atoms with Gasteiger partial charge >= 0.3 is 5.97 Å². The molecule has 3 fully saturated rings. The van der Waals surface area contributed by atoms with Gasteiger partial charge in [-0.05, 0) is 53.7 Å². The zero-order chi connectivity index (χ0) is 22.6. The van der Waals surface area contributed by atoms with Crippen LogP contribution >= 0.6 is 0 Å². The van der Waals surface area contributed by atoms with Crippen molar-refractivity contribution in [1.82, 2.24) is 0 Å². The largest absolute Gasteiger partial charge is 0.453 e. The van der Waals surface area contributed by atoms with Gasteiger partial charge in [0.15, 0.2) is 12.1 Å². The van der Waals surface area contributed by atoms with Crippen molar-refractivity contribution >= 4 is 5.97 Å². The summed E-state index contributed by atoms with van der Waals surface area (Å²) in [7, 11) is 0. The van der Waals surface area contributed by atoms with Crippen molar-refractivity contribution in [2.75, 3.05) is 0 Å². The zero-order valence-corrected chi connectivity index (χ0v) is 18.8. The van der Waals surface area contributed by atoms with E-state index in [1.165, 1.54) is 13.8 Å². The molecular formula is C23H30F2O5. The highest BCUT2D eigenvalue weighted by Crippen LogP contribution is 2.88. The number of rotatable bonds is 3. The Morgan fingerprint density at radius 3 is 2.03 bits per heavy atom. The molecule has 0 N–H and O–H groups in total. The molecule has 2 heterocycles. The number of fused-ring (bicyclic) bond motifs is 2. The lowest BCUT2D eigenvalue weighted by molar-refractivity contribution is -0.276. The van der Waals surface area contributed by atoms with E-state index >= 15 is 8.78 Å². The van der Waals surface area contributed by atoms with Gasteiger partial charge in [-0.2, -0.15) is 0 Å². The van der Waals surface area contributed by atoms with Crippen LogP contribution in [-0.2, 0) is 18.9 Å². The second kappa shape index (κ2) is 5.61. The van der Waals surface area contributed by atoms with E-state index in [0.29, 0.717) is 5.56 Å². The molecule has 1 aliphatic carbocycles. The smallest absolute Gasteiger partial charge is 0.338 e. The van der Waals surface area contributed by atoms with Gasteiger partial charge in [-0.3, -0.25) is 0 Å². The van der Waals surface area contributed by atoms with Gasteiger partial charge in [-0.1, -0.05) is 32.0 Å². The summed E-state index contributed by atoms with van der Waals surface area (Å²) >= 11 is 0. The fraction of sp³-hybridized carbons (Fsp3) is 0.696. The summed E-state index contributed by atoms with van der Waals surface area (Å²) in [5.74, 6) is -4.82. The average molecular weight is 424 g/mol. The Labute approximate surface area is 176 Å². The number of halogens is 2. The monoisotopic (exact) mass is 424 g/mol. The third-order valence-corrected chi connectivity index (χ3v) is 7.74. The van der Waals surface area contributed by atoms with Crippen LogP contribution in [0, 0.1) is 10.8 Å². The van der Waals surface area contributed by atoms with Crippen LogP contribution in [-0.4, -0.2) is 40.8 Å². The van der Waals surface area contributed by atoms with Crippen molar-refractivity contribution in [3.63, 3.8) is 0 Å². The Bertz CT molecular complexity index is 880. The topological polar surface area (TPSA) is 54.0 Å². The summed E-state index contributed by atoms with van der Waals surface area (Å²) < 4.78 is 55.6. The average Bonchev–Trinajstić information content (AvgIpc) is 2.76. The SMILES string of the molecule is CC1(C)O[C@H]2O[C@](C)(C(C)(C)OC(=O)c3ccccc3)[C@]3(C(C)(C)C3(F)F)[C@@]2(C)O1. The maximum absolute atomic E-state index is 15.7. The number of alkyl halides is 2. The van der Waals surface area contributed by atoms with Crippen molar-refractivity contribution < 1.29 is 32.5 Å². The Balaban J connectivity index is 1.80. The number of esters is 1. The Kier molecular flexibility index (Phi) is 4.05. The minimum absolute atomic E-state index is 0.336. The molecule has 2 aliphatic heterocycles. The van der Waals surface area contributed by atoms with E-state index in [0.717, 1.165) is 0 Å². The first-order valence-electron chi connectivity index (χ1n) is 10.2. The van der Waals surface area contributed by atoms with E-state index in [-0.39, 0.29) is 0 Å². The Morgan fingerprint density at radius 1 is 1.00 bits per heavy atom. The summed E-state index contributed by atoms with van der Waals surface area (Å²) in [6, 6.07) is 8.45. The van der Waals surface area contributed by atoms with Crippen molar-refractivity contribution in [1.29, 1.82) is 0 Å². The first-order valence-corrected chi connectivity index (χ1v) is 10.2. The van der Waals surface area contributed by atoms with Crippen LogP contribution in [0.4, 0.5) is 8.78 Å². The highest BCUT2D eigenvalue weighted by Gasteiger charge is 3.03. The van der Waals surface area contributed by atoms with Crippen LogP contribution in [0.2, 0.25) is 0 Å². The molecule has 1 saturated carbocycles. The van der Waals surface area contributed by atoms with Crippen molar-refractivity contribution in [2.24, 2.45) is 10.8 Å². The molecule has 1 aromatic carbocycles. The van der Waals surface area contributed by atoms with Gasteiger partial charge in [0.05, 0.1) is 5.56 Å². The van der Waals surface area contributed by atoms with Crippen LogP contribution < -0.4 is 0 Å². The van der Waals surface area contributed by atoms with E-state index in [1.807, 2.05) is 0 Å². The molecule has 7 heteroatoms. The van der Waals surface area contributed by atoms with Gasteiger partial charge in [-0.25, -0.2) is 13.6 Å². The summed E-state index contributed by atoms with van der Waals surface area (Å²) in [4.78, 5) is 12.8. The molecule has 5 nitrogen and oxygen atoms in total. The lowest BCUT2D eigenvalue weighted by Crippen LogP contribution is -2.62. The van der Waals surface area contributed by atoms with E-state index in [4.69, 9.17) is 18.9 Å². The van der Waals surface area contributed by atoms with Gasteiger partial charge in [0.25, 0.3) is 5.92 Å². The lowest BCUT2D eigenvalue weighted by Gasteiger charge is -2.47. The van der Waals surface area contributed by atoms with E-state index < -0.39 is 51.6 Å². The van der Waals surface area contributed by atoms with Gasteiger partial charge in [0.1, 0.15) is 22.2 Å². The molecule has 4 atom stereocenters. The third kappa shape index (κ3) is 2.14. The molecule has 3 aliphatic rings. The molecule has 1 spiro atoms. The first kappa shape index (κ1) is 21.7. The molecule has 0 radical (unpaired) electrons. The van der Waals surface area contributed by atoms with Gasteiger partial charge in [0, 0.05) is 5.41 Å². The standard InChI is InChI=1S/C23H30F2O5/c1-17(2)22(23(17,24)25)20(7)16(28-19(5,6)30-20)29-21(22,8)18(3,4)27-15(26)14-12-10-9-11-13-14/h9-13,16H,1-8H3/t16-,20-,21+,22-/m0/s1. The number of hydrogen-bond acceptors (Lipinski definition) is 5. The second-order valence-corrected chi connectivity index (χ2v) is 10.4. The van der Waals surface area contributed by atoms with Crippen molar-refractivity contribution in [3.05, 3.63) is 35.9 Å². The second-order valence-electron chi connectivity index (χ2n) is 10.4. The normalized spacial score (nSPS) is 40.3. The molecular weight excluding hydrogens is 394 g/mol. The molecule has 0 bridgehead atoms. The molecule has 0 aromatic heterocycles. The molecule has 0 amide bonds. The van der Waals surface area contributed by atoms with E-state index in [2.05, 4.69) is 0 Å². The molecule has 30 heavy (non-hydrogen) atoms. The molecule has 1 aromatic rings. The molecule has 0 unspecified atom stereocenters. The fourth-order valence-electron chi connectivity index (χ4n) is 6.27. The predicted octanol–water partition coefficient (Wildman–Crippen LogP) is 4.94. The number of ether oxygens (including phenoxy) is 4. The summed E-state index contributed by atoms with van der Waals surface area (Å²) in [6.45, 7) is 12.8. The summed E-state index contributed by atoms with van der Waals surface area (Å²) in [5, 5.41) is 0. The van der Waals surface area contributed by atoms with Crippen LogP contribution in [0.5, 0.6) is 0 Å². The predicted molar refractivity (Wildman–Crippen MR) is 105 cm³/mol. The first-order chi connectivity index (χ1) is 13.5. The van der Waals surface area contributed by atoms with Gasteiger partial charge in [0.2, 0.25) is 0 Å². The Hall–Kier alpha value is -1.57. The number of carbonyl (C=O) groups is 1. The number of hydrogen-bond donors (Lipinski definition) is 0. The quantitative estimate of drug-likeness (QED) is 0.644. The van der Waals surface area contributed by atoms with Crippen LogP contribution in [0.15, 0.2) is 30.3 Å². The van der Waals surface area contributed by atoms with Crippen LogP contribution in [0.25, 0.3) is 0 Å². The lowest BCUT2D eigenvalue weighted by atomic mass is 9.64. The summed E-state index contributed by atoms with van der Waals surface area (Å²) in [6.07, 6.45) is -1.03. The van der Waals surface area contributed by atoms with E-state index in [1.54, 1.807) is 71.9 Å². The minimum atomic E-state index is -3.14. The third-order valence-electron chi connectivity index (χ3n) is 7.74. The van der Waals surface area contributed by atoms with Gasteiger partial charge in [-0.15, -0.1) is 0 Å². The number of benzene rings is 1. The molecule has 4 rings (SSSR count). The number of carbonyl (C=O) groups excluding carboxylic acids is 1. The maximum atomic E-state index is 15.7. The fourth-order valence-corrected chi connectivity index (χ4v) is 6.27. The van der Waals surface area contributed by atoms with Gasteiger partial charge < -0.3 is 18.9 Å².